The Bertz CT molecular complexity index is 1040. The second kappa shape index (κ2) is 9.55. The average Bonchev–Trinajstić information content (AvgIpc) is 2.73. The summed E-state index contributed by atoms with van der Waals surface area (Å²) in [5.74, 6) is 0.672. The maximum atomic E-state index is 12.4. The highest BCUT2D eigenvalue weighted by Crippen LogP contribution is 2.08. The van der Waals surface area contributed by atoms with Gasteiger partial charge in [0.05, 0.1) is 23.9 Å². The largest absolute Gasteiger partial charge is 0.494 e. The fraction of sp³-hybridized carbons (Fsp3) is 0.286. The number of aryl methyl sites for hydroxylation is 1. The first-order chi connectivity index (χ1) is 13.6. The van der Waals surface area contributed by atoms with Crippen LogP contribution in [0.4, 0.5) is 0 Å². The highest BCUT2D eigenvalue weighted by atomic mass is 16.5. The zero-order valence-electron chi connectivity index (χ0n) is 15.5. The van der Waals surface area contributed by atoms with Crippen LogP contribution >= 0.6 is 0 Å². The van der Waals surface area contributed by atoms with Gasteiger partial charge >= 0.3 is 0 Å². The number of nitrogens with one attached hydrogen (secondary N) is 2. The average molecular weight is 381 g/mol. The van der Waals surface area contributed by atoms with Crippen molar-refractivity contribution in [1.82, 2.24) is 15.1 Å². The minimum Gasteiger partial charge on any atom is -0.494 e. The van der Waals surface area contributed by atoms with Crippen LogP contribution in [0, 0.1) is 0 Å². The molecule has 28 heavy (non-hydrogen) atoms. The van der Waals surface area contributed by atoms with E-state index in [2.05, 4.69) is 10.4 Å². The predicted molar refractivity (Wildman–Crippen MR) is 108 cm³/mol. The number of H-pyrrole nitrogens is 1. The lowest BCUT2D eigenvalue weighted by molar-refractivity contribution is -0.121. The van der Waals surface area contributed by atoms with E-state index in [1.54, 1.807) is 24.3 Å². The lowest BCUT2D eigenvalue weighted by Gasteiger charge is -2.09. The van der Waals surface area contributed by atoms with Gasteiger partial charge in [0.2, 0.25) is 5.91 Å². The van der Waals surface area contributed by atoms with Crippen molar-refractivity contribution in [2.45, 2.75) is 25.8 Å². The predicted octanol–water partition coefficient (Wildman–Crippen LogP) is 2.06. The molecule has 1 heterocycles. The number of aromatic nitrogens is 2. The van der Waals surface area contributed by atoms with E-state index in [-0.39, 0.29) is 30.0 Å². The molecule has 3 aromatic rings. The first-order valence-corrected chi connectivity index (χ1v) is 9.31. The van der Waals surface area contributed by atoms with Crippen LogP contribution in [-0.2, 0) is 11.3 Å². The van der Waals surface area contributed by atoms with Crippen molar-refractivity contribution in [3.8, 4) is 5.75 Å². The minimum absolute atomic E-state index is 0.120. The van der Waals surface area contributed by atoms with Crippen LogP contribution in [0.2, 0.25) is 0 Å². The number of benzene rings is 2. The smallest absolute Gasteiger partial charge is 0.273 e. The summed E-state index contributed by atoms with van der Waals surface area (Å²) in [4.78, 5) is 36.4. The van der Waals surface area contributed by atoms with Gasteiger partial charge in [0.25, 0.3) is 11.1 Å². The Morgan fingerprint density at radius 3 is 2.46 bits per heavy atom. The molecule has 1 aromatic heterocycles. The zero-order valence-corrected chi connectivity index (χ0v) is 15.5. The van der Waals surface area contributed by atoms with Crippen LogP contribution in [0.15, 0.2) is 64.2 Å². The summed E-state index contributed by atoms with van der Waals surface area (Å²) < 4.78 is 6.79. The van der Waals surface area contributed by atoms with Gasteiger partial charge in [-0.25, -0.2) is 4.68 Å². The molecule has 0 aliphatic carbocycles. The Morgan fingerprint density at radius 1 is 0.964 bits per heavy atom. The molecule has 146 valence electrons. The van der Waals surface area contributed by atoms with E-state index in [0.29, 0.717) is 23.9 Å². The Labute approximate surface area is 161 Å². The van der Waals surface area contributed by atoms with Crippen molar-refractivity contribution in [3.05, 3.63) is 75.3 Å². The number of hydrogen-bond donors (Lipinski definition) is 2. The summed E-state index contributed by atoms with van der Waals surface area (Å²) in [7, 11) is 0. The van der Waals surface area contributed by atoms with E-state index < -0.39 is 0 Å². The van der Waals surface area contributed by atoms with Crippen molar-refractivity contribution in [3.63, 3.8) is 0 Å². The molecular formula is C21H23N3O4. The standard InChI is InChI=1S/C21H23N3O4/c25-19(22-13-6-7-15-28-16-8-2-1-3-9-16)12-14-24-21(27)18-11-5-4-10-17(18)20(26)23-24/h1-5,8-11H,6-7,12-15H2,(H,22,25)(H,23,26). The van der Waals surface area contributed by atoms with Crippen LogP contribution in [0.25, 0.3) is 10.8 Å². The lowest BCUT2D eigenvalue weighted by atomic mass is 10.2. The van der Waals surface area contributed by atoms with Crippen LogP contribution < -0.4 is 21.2 Å². The quantitative estimate of drug-likeness (QED) is 0.555. The van der Waals surface area contributed by atoms with Gasteiger partial charge in [-0.15, -0.1) is 0 Å². The molecule has 3 rings (SSSR count). The third-order valence-electron chi connectivity index (χ3n) is 4.35. The molecule has 0 bridgehead atoms. The van der Waals surface area contributed by atoms with E-state index >= 15 is 0 Å². The number of rotatable bonds is 9. The summed E-state index contributed by atoms with van der Waals surface area (Å²) in [6.45, 7) is 1.26. The first-order valence-electron chi connectivity index (χ1n) is 9.31. The van der Waals surface area contributed by atoms with Crippen LogP contribution in [0.5, 0.6) is 5.75 Å². The molecule has 0 atom stereocenters. The number of carbonyl (C=O) groups is 1. The number of fused-ring (bicyclic) bond motifs is 1. The molecule has 0 unspecified atom stereocenters. The van der Waals surface area contributed by atoms with E-state index in [4.69, 9.17) is 4.74 Å². The molecule has 0 fully saturated rings. The monoisotopic (exact) mass is 381 g/mol. The van der Waals surface area contributed by atoms with Gasteiger partial charge < -0.3 is 10.1 Å². The van der Waals surface area contributed by atoms with Crippen molar-refractivity contribution in [2.24, 2.45) is 0 Å². The molecule has 0 aliphatic rings. The van der Waals surface area contributed by atoms with Crippen LogP contribution in [-0.4, -0.2) is 28.8 Å². The van der Waals surface area contributed by atoms with Gasteiger partial charge in [-0.2, -0.15) is 0 Å². The van der Waals surface area contributed by atoms with Gasteiger partial charge in [-0.05, 0) is 37.1 Å². The second-order valence-electron chi connectivity index (χ2n) is 6.41. The summed E-state index contributed by atoms with van der Waals surface area (Å²) in [6.07, 6.45) is 1.74. The van der Waals surface area contributed by atoms with Crippen LogP contribution in [0.1, 0.15) is 19.3 Å². The Hall–Kier alpha value is -3.35. The highest BCUT2D eigenvalue weighted by Gasteiger charge is 2.08. The third-order valence-corrected chi connectivity index (χ3v) is 4.35. The zero-order chi connectivity index (χ0) is 19.8. The fourth-order valence-corrected chi connectivity index (χ4v) is 2.87. The molecule has 2 aromatic carbocycles. The van der Waals surface area contributed by atoms with Gasteiger partial charge in [0, 0.05) is 13.0 Å². The number of carbonyl (C=O) groups excluding carboxylic acids is 1. The molecule has 0 saturated heterocycles. The van der Waals surface area contributed by atoms with E-state index in [9.17, 15) is 14.4 Å². The van der Waals surface area contributed by atoms with Gasteiger partial charge in [0.15, 0.2) is 0 Å². The lowest BCUT2D eigenvalue weighted by Crippen LogP contribution is -2.32. The van der Waals surface area contributed by atoms with E-state index in [1.807, 2.05) is 30.3 Å². The topological polar surface area (TPSA) is 93.2 Å². The van der Waals surface area contributed by atoms with Crippen molar-refractivity contribution < 1.29 is 9.53 Å². The second-order valence-corrected chi connectivity index (χ2v) is 6.41. The molecule has 0 radical (unpaired) electrons. The van der Waals surface area contributed by atoms with Crippen LogP contribution in [0.3, 0.4) is 0 Å². The molecule has 7 heteroatoms. The van der Waals surface area contributed by atoms with E-state index in [1.165, 1.54) is 4.68 Å². The number of nitrogens with zero attached hydrogens (tertiary/aromatic N) is 1. The Morgan fingerprint density at radius 2 is 1.68 bits per heavy atom. The number of ether oxygens (including phenoxy) is 1. The molecule has 0 aliphatic heterocycles. The number of hydrogen-bond acceptors (Lipinski definition) is 4. The number of aromatic amines is 1. The Kier molecular flexibility index (Phi) is 6.62. The summed E-state index contributed by atoms with van der Waals surface area (Å²) in [6, 6.07) is 16.2. The Balaban J connectivity index is 1.40. The SMILES string of the molecule is O=C(CCn1[nH]c(=O)c2ccccc2c1=O)NCCCCOc1ccccc1. The molecule has 2 N–H and O–H groups in total. The number of para-hydroxylation sites is 1. The first kappa shape index (κ1) is 19.4. The van der Waals surface area contributed by atoms with Gasteiger partial charge in [-0.3, -0.25) is 19.5 Å². The van der Waals surface area contributed by atoms with Crippen molar-refractivity contribution in [1.29, 1.82) is 0 Å². The van der Waals surface area contributed by atoms with Gasteiger partial charge in [-0.1, -0.05) is 30.3 Å². The third kappa shape index (κ3) is 5.09. The molecule has 7 nitrogen and oxygen atoms in total. The molecular weight excluding hydrogens is 358 g/mol. The maximum absolute atomic E-state index is 12.4. The molecule has 0 spiro atoms. The van der Waals surface area contributed by atoms with Crippen molar-refractivity contribution >= 4 is 16.7 Å². The molecule has 1 amide bonds. The summed E-state index contributed by atoms with van der Waals surface area (Å²) in [5.41, 5.74) is -0.643. The fourth-order valence-electron chi connectivity index (χ4n) is 2.87. The van der Waals surface area contributed by atoms with Gasteiger partial charge in [0.1, 0.15) is 5.75 Å². The highest BCUT2D eigenvalue weighted by molar-refractivity contribution is 5.80. The van der Waals surface area contributed by atoms with Crippen molar-refractivity contribution in [2.75, 3.05) is 13.2 Å². The number of unbranched alkanes of at least 4 members (excludes halogenated alkanes) is 1. The minimum atomic E-state index is -0.339. The normalized spacial score (nSPS) is 10.7. The van der Waals surface area contributed by atoms with E-state index in [0.717, 1.165) is 18.6 Å². The molecule has 0 saturated carbocycles. The maximum Gasteiger partial charge on any atom is 0.273 e. The summed E-state index contributed by atoms with van der Waals surface area (Å²) >= 11 is 0. The summed E-state index contributed by atoms with van der Waals surface area (Å²) in [5, 5.41) is 6.05. The number of amides is 1.